The summed E-state index contributed by atoms with van der Waals surface area (Å²) in [6, 6.07) is 20.3. The van der Waals surface area contributed by atoms with Crippen LogP contribution in [-0.2, 0) is 4.74 Å². The van der Waals surface area contributed by atoms with Crippen LogP contribution >= 0.6 is 12.2 Å². The molecule has 0 aliphatic carbocycles. The predicted molar refractivity (Wildman–Crippen MR) is 127 cm³/mol. The highest BCUT2D eigenvalue weighted by molar-refractivity contribution is 7.80. The summed E-state index contributed by atoms with van der Waals surface area (Å²) in [6.45, 7) is 1.95. The molecule has 0 heterocycles. The quantitative estimate of drug-likeness (QED) is 0.401. The van der Waals surface area contributed by atoms with Gasteiger partial charge in [-0.1, -0.05) is 24.3 Å². The van der Waals surface area contributed by atoms with E-state index in [1.165, 1.54) is 13.2 Å². The zero-order valence-electron chi connectivity index (χ0n) is 17.5. The van der Waals surface area contributed by atoms with Gasteiger partial charge in [0.15, 0.2) is 5.11 Å². The number of amides is 2. The first-order valence-electron chi connectivity index (χ1n) is 9.64. The molecule has 0 radical (unpaired) electrons. The van der Waals surface area contributed by atoms with Gasteiger partial charge in [0.2, 0.25) is 0 Å². The zero-order valence-corrected chi connectivity index (χ0v) is 18.3. The predicted octanol–water partition coefficient (Wildman–Crippen LogP) is 4.16. The Labute approximate surface area is 190 Å². The number of esters is 1. The third kappa shape index (κ3) is 5.99. The summed E-state index contributed by atoms with van der Waals surface area (Å²) in [6.07, 6.45) is 0. The van der Waals surface area contributed by atoms with Crippen LogP contribution < -0.4 is 16.0 Å². The first-order valence-corrected chi connectivity index (χ1v) is 10.1. The molecule has 0 aliphatic heterocycles. The van der Waals surface area contributed by atoms with Crippen LogP contribution in [0, 0.1) is 6.92 Å². The van der Waals surface area contributed by atoms with Crippen molar-refractivity contribution in [3.63, 3.8) is 0 Å². The van der Waals surface area contributed by atoms with E-state index in [0.717, 1.165) is 5.56 Å². The first kappa shape index (κ1) is 22.6. The lowest BCUT2D eigenvalue weighted by Gasteiger charge is -2.11. The van der Waals surface area contributed by atoms with E-state index in [2.05, 4.69) is 20.7 Å². The molecule has 162 valence electrons. The fraction of sp³-hybridized carbons (Fsp3) is 0.0833. The van der Waals surface area contributed by atoms with Gasteiger partial charge < -0.3 is 15.4 Å². The van der Waals surface area contributed by atoms with Crippen molar-refractivity contribution >= 4 is 46.5 Å². The average molecular weight is 448 g/mol. The van der Waals surface area contributed by atoms with Crippen LogP contribution in [0.4, 0.5) is 11.4 Å². The number of thiocarbonyl (C=S) groups is 1. The van der Waals surface area contributed by atoms with Crippen LogP contribution in [0.5, 0.6) is 0 Å². The number of carbonyl (C=O) groups excluding carboxylic acids is 3. The number of benzene rings is 3. The smallest absolute Gasteiger partial charge is 0.337 e. The molecular formula is C24H21N3O4S. The molecule has 3 aromatic carbocycles. The Kier molecular flexibility index (Phi) is 7.30. The number of anilines is 2. The van der Waals surface area contributed by atoms with Crippen LogP contribution in [0.15, 0.2) is 72.8 Å². The molecule has 2 amide bonds. The highest BCUT2D eigenvalue weighted by Gasteiger charge is 2.13. The monoisotopic (exact) mass is 447 g/mol. The number of methoxy groups -OCH3 is 1. The van der Waals surface area contributed by atoms with Gasteiger partial charge in [0.25, 0.3) is 11.8 Å². The number of nitrogens with one attached hydrogen (secondary N) is 3. The second kappa shape index (κ2) is 10.3. The van der Waals surface area contributed by atoms with E-state index in [9.17, 15) is 14.4 Å². The lowest BCUT2D eigenvalue weighted by Crippen LogP contribution is -2.34. The lowest BCUT2D eigenvalue weighted by atomic mass is 10.1. The van der Waals surface area contributed by atoms with Crippen molar-refractivity contribution in [3.8, 4) is 0 Å². The summed E-state index contributed by atoms with van der Waals surface area (Å²) in [7, 11) is 1.27. The van der Waals surface area contributed by atoms with E-state index in [1.54, 1.807) is 42.5 Å². The van der Waals surface area contributed by atoms with Crippen LogP contribution in [0.25, 0.3) is 0 Å². The molecular weight excluding hydrogens is 426 g/mol. The summed E-state index contributed by atoms with van der Waals surface area (Å²) in [5, 5.41) is 8.34. The van der Waals surface area contributed by atoms with Crippen molar-refractivity contribution in [2.24, 2.45) is 0 Å². The molecule has 3 N–H and O–H groups in total. The molecule has 0 spiro atoms. The number of hydrogen-bond acceptors (Lipinski definition) is 5. The normalized spacial score (nSPS) is 10.1. The van der Waals surface area contributed by atoms with Gasteiger partial charge in [-0.15, -0.1) is 0 Å². The van der Waals surface area contributed by atoms with E-state index < -0.39 is 11.9 Å². The highest BCUT2D eigenvalue weighted by atomic mass is 32.1. The Balaban J connectivity index is 1.64. The minimum atomic E-state index is -0.541. The maximum Gasteiger partial charge on any atom is 0.337 e. The second-order valence-electron chi connectivity index (χ2n) is 6.89. The average Bonchev–Trinajstić information content (AvgIpc) is 2.78. The summed E-state index contributed by atoms with van der Waals surface area (Å²) >= 11 is 5.21. The van der Waals surface area contributed by atoms with Crippen LogP contribution in [-0.4, -0.2) is 30.0 Å². The Morgan fingerprint density at radius 1 is 0.750 bits per heavy atom. The fourth-order valence-electron chi connectivity index (χ4n) is 2.91. The third-order valence-electron chi connectivity index (χ3n) is 4.43. The zero-order chi connectivity index (χ0) is 23.1. The number of hydrogen-bond donors (Lipinski definition) is 3. The molecule has 3 aromatic rings. The minimum Gasteiger partial charge on any atom is -0.465 e. The van der Waals surface area contributed by atoms with Crippen LogP contribution in [0.3, 0.4) is 0 Å². The van der Waals surface area contributed by atoms with Crippen molar-refractivity contribution in [2.75, 3.05) is 17.7 Å². The minimum absolute atomic E-state index is 0.0507. The Hall–Kier alpha value is -4.04. The van der Waals surface area contributed by atoms with Gasteiger partial charge in [0.05, 0.1) is 12.7 Å². The molecule has 0 bridgehead atoms. The van der Waals surface area contributed by atoms with E-state index in [4.69, 9.17) is 12.2 Å². The highest BCUT2D eigenvalue weighted by Crippen LogP contribution is 2.15. The molecule has 0 saturated carbocycles. The Bertz CT molecular complexity index is 1190. The molecule has 0 unspecified atom stereocenters. The van der Waals surface area contributed by atoms with Crippen molar-refractivity contribution in [2.45, 2.75) is 6.92 Å². The van der Waals surface area contributed by atoms with E-state index in [-0.39, 0.29) is 22.1 Å². The van der Waals surface area contributed by atoms with Crippen molar-refractivity contribution in [1.29, 1.82) is 0 Å². The molecule has 7 nitrogen and oxygen atoms in total. The Morgan fingerprint density at radius 3 is 2.03 bits per heavy atom. The van der Waals surface area contributed by atoms with Crippen molar-refractivity contribution < 1.29 is 19.1 Å². The maximum atomic E-state index is 12.6. The molecule has 8 heteroatoms. The van der Waals surface area contributed by atoms with E-state index >= 15 is 0 Å². The number of carbonyl (C=O) groups is 3. The third-order valence-corrected chi connectivity index (χ3v) is 4.64. The number of ether oxygens (including phenoxy) is 1. The summed E-state index contributed by atoms with van der Waals surface area (Å²) in [5.41, 5.74) is 3.21. The molecule has 0 saturated heterocycles. The number of aryl methyl sites for hydroxylation is 1. The van der Waals surface area contributed by atoms with Crippen molar-refractivity contribution in [1.82, 2.24) is 5.32 Å². The van der Waals surface area contributed by atoms with Gasteiger partial charge in [-0.3, -0.25) is 14.9 Å². The van der Waals surface area contributed by atoms with Gasteiger partial charge in [-0.05, 0) is 73.2 Å². The topological polar surface area (TPSA) is 96.5 Å². The SMILES string of the molecule is COC(=O)c1cccc(C(=O)NC(=S)Nc2cccc(C(=O)Nc3cccc(C)c3)c2)c1. The van der Waals surface area contributed by atoms with Gasteiger partial charge >= 0.3 is 5.97 Å². The van der Waals surface area contributed by atoms with Gasteiger partial charge in [0, 0.05) is 22.5 Å². The van der Waals surface area contributed by atoms with Gasteiger partial charge in [0.1, 0.15) is 0 Å². The second-order valence-corrected chi connectivity index (χ2v) is 7.29. The lowest BCUT2D eigenvalue weighted by molar-refractivity contribution is 0.0600. The van der Waals surface area contributed by atoms with Crippen LogP contribution in [0.2, 0.25) is 0 Å². The summed E-state index contributed by atoms with van der Waals surface area (Å²) in [5.74, 6) is -1.29. The van der Waals surface area contributed by atoms with E-state index in [0.29, 0.717) is 16.9 Å². The molecule has 32 heavy (non-hydrogen) atoms. The van der Waals surface area contributed by atoms with Crippen molar-refractivity contribution in [3.05, 3.63) is 95.1 Å². The maximum absolute atomic E-state index is 12.6. The van der Waals surface area contributed by atoms with Gasteiger partial charge in [-0.25, -0.2) is 4.79 Å². The molecule has 3 rings (SSSR count). The van der Waals surface area contributed by atoms with Crippen LogP contribution in [0.1, 0.15) is 36.6 Å². The van der Waals surface area contributed by atoms with Gasteiger partial charge in [-0.2, -0.15) is 0 Å². The molecule has 0 aliphatic rings. The largest absolute Gasteiger partial charge is 0.465 e. The van der Waals surface area contributed by atoms with E-state index in [1.807, 2.05) is 31.2 Å². The molecule has 0 aromatic heterocycles. The first-order chi connectivity index (χ1) is 15.4. The standard InChI is InChI=1S/C24H21N3O4S/c1-15-6-3-10-19(12-15)25-21(28)17-8-5-11-20(14-17)26-24(32)27-22(29)16-7-4-9-18(13-16)23(30)31-2/h3-14H,1-2H3,(H,25,28)(H2,26,27,29,32). The molecule has 0 atom stereocenters. The fourth-order valence-corrected chi connectivity index (χ4v) is 3.12. The Morgan fingerprint density at radius 2 is 1.34 bits per heavy atom. The summed E-state index contributed by atoms with van der Waals surface area (Å²) in [4.78, 5) is 36.7. The number of rotatable bonds is 5. The summed E-state index contributed by atoms with van der Waals surface area (Å²) < 4.78 is 4.66. The molecule has 0 fully saturated rings.